The standard InChI is InChI=1S/2C19H35NO2.Ca/c2*1-4-6-8-10-12-14-16-20(18(3)19(21)22)17-15-13-11-9-7-5-2;/h2*8-11,18H,4-7,12-17H2,1-3H3,(H,21,22);/q;;+2/p-2/b2*10-8+,11-9+;. The second-order valence-electron chi connectivity index (χ2n) is 11.7. The zero-order chi connectivity index (χ0) is 33.3. The van der Waals surface area contributed by atoms with Crippen molar-refractivity contribution in [2.45, 2.75) is 156 Å². The molecule has 0 bridgehead atoms. The molecule has 0 aliphatic carbocycles. The van der Waals surface area contributed by atoms with Crippen LogP contribution in [0.2, 0.25) is 0 Å². The molecular weight excluding hydrogens is 589 g/mol. The zero-order valence-corrected chi connectivity index (χ0v) is 32.4. The molecular formula is C38H68CaN2O4. The maximum atomic E-state index is 11.1. The number of hydrogen-bond acceptors (Lipinski definition) is 6. The van der Waals surface area contributed by atoms with Crippen LogP contribution < -0.4 is 10.2 Å². The summed E-state index contributed by atoms with van der Waals surface area (Å²) in [6.45, 7) is 15.4. The van der Waals surface area contributed by atoms with E-state index < -0.39 is 24.0 Å². The first-order valence-electron chi connectivity index (χ1n) is 17.8. The normalized spacial score (nSPS) is 13.2. The molecule has 7 heteroatoms. The van der Waals surface area contributed by atoms with Crippen LogP contribution in [0.1, 0.15) is 144 Å². The number of unbranched alkanes of at least 4 members (excludes halogenated alkanes) is 8. The van der Waals surface area contributed by atoms with Gasteiger partial charge in [0.1, 0.15) is 0 Å². The minimum Gasteiger partial charge on any atom is -0.548 e. The molecule has 0 aliphatic rings. The Balaban J connectivity index is -0.000000767. The first-order valence-corrected chi connectivity index (χ1v) is 17.8. The Morgan fingerprint density at radius 1 is 0.467 bits per heavy atom. The molecule has 0 rings (SSSR count). The fourth-order valence-electron chi connectivity index (χ4n) is 4.55. The van der Waals surface area contributed by atoms with E-state index in [0.717, 1.165) is 103 Å². The molecule has 0 radical (unpaired) electrons. The van der Waals surface area contributed by atoms with E-state index in [1.165, 1.54) is 25.7 Å². The molecule has 0 spiro atoms. The first-order chi connectivity index (χ1) is 21.3. The minimum atomic E-state index is -0.969. The summed E-state index contributed by atoms with van der Waals surface area (Å²) in [4.78, 5) is 26.3. The maximum Gasteiger partial charge on any atom is 2.00 e. The Kier molecular flexibility index (Phi) is 40.4. The van der Waals surface area contributed by atoms with Crippen molar-refractivity contribution in [2.75, 3.05) is 26.2 Å². The number of allylic oxidation sites excluding steroid dienone is 8. The molecule has 0 aliphatic heterocycles. The molecule has 0 aromatic carbocycles. The molecule has 0 fully saturated rings. The van der Waals surface area contributed by atoms with E-state index in [-0.39, 0.29) is 37.7 Å². The van der Waals surface area contributed by atoms with Crippen LogP contribution >= 0.6 is 0 Å². The molecule has 0 saturated carbocycles. The van der Waals surface area contributed by atoms with Crippen LogP contribution in [0, 0.1) is 0 Å². The van der Waals surface area contributed by atoms with E-state index in [1.807, 2.05) is 9.80 Å². The van der Waals surface area contributed by atoms with E-state index in [2.05, 4.69) is 76.3 Å². The number of carboxylic acid groups (broad SMARTS) is 2. The average Bonchev–Trinajstić information content (AvgIpc) is 3.01. The van der Waals surface area contributed by atoms with Gasteiger partial charge in [-0.25, -0.2) is 0 Å². The van der Waals surface area contributed by atoms with Gasteiger partial charge in [0.25, 0.3) is 0 Å². The summed E-state index contributed by atoms with van der Waals surface area (Å²) in [5, 5.41) is 22.2. The van der Waals surface area contributed by atoms with E-state index in [0.29, 0.717) is 0 Å². The number of carboxylic acids is 2. The van der Waals surface area contributed by atoms with Crippen LogP contribution in [0.5, 0.6) is 0 Å². The van der Waals surface area contributed by atoms with E-state index in [9.17, 15) is 19.8 Å². The van der Waals surface area contributed by atoms with Crippen LogP contribution in [-0.4, -0.2) is 97.7 Å². The zero-order valence-electron chi connectivity index (χ0n) is 30.2. The fourth-order valence-corrected chi connectivity index (χ4v) is 4.55. The molecule has 0 heterocycles. The third kappa shape index (κ3) is 32.8. The Morgan fingerprint density at radius 2 is 0.667 bits per heavy atom. The first kappa shape index (κ1) is 48.5. The number of carbonyl (C=O) groups is 2. The second-order valence-corrected chi connectivity index (χ2v) is 11.7. The molecule has 0 aromatic rings. The Labute approximate surface area is 308 Å². The number of aliphatic carboxylic acids is 2. The van der Waals surface area contributed by atoms with Gasteiger partial charge >= 0.3 is 37.7 Å². The van der Waals surface area contributed by atoms with E-state index >= 15 is 0 Å². The Hall–Kier alpha value is -0.920. The van der Waals surface area contributed by atoms with Crippen molar-refractivity contribution in [3.05, 3.63) is 48.6 Å². The third-order valence-corrected chi connectivity index (χ3v) is 7.53. The average molecular weight is 657 g/mol. The van der Waals surface area contributed by atoms with Crippen LogP contribution in [0.25, 0.3) is 0 Å². The minimum absolute atomic E-state index is 0. The van der Waals surface area contributed by atoms with Gasteiger partial charge in [0.05, 0.1) is 11.9 Å². The van der Waals surface area contributed by atoms with Crippen molar-refractivity contribution in [3.8, 4) is 0 Å². The molecule has 256 valence electrons. The van der Waals surface area contributed by atoms with Gasteiger partial charge in [-0.3, -0.25) is 9.80 Å². The monoisotopic (exact) mass is 656 g/mol. The SMILES string of the molecule is CCC/C=C/CCCN(CCC/C=C/CCC)C(C)C(=O)[O-].CCC/C=C/CCCN(CCC/C=C/CCC)C(C)C(=O)[O-].[Ca+2]. The summed E-state index contributed by atoms with van der Waals surface area (Å²) in [6, 6.07) is -1.00. The summed E-state index contributed by atoms with van der Waals surface area (Å²) < 4.78 is 0. The fraction of sp³-hybridized carbons (Fsp3) is 0.737. The van der Waals surface area contributed by atoms with Crippen molar-refractivity contribution in [2.24, 2.45) is 0 Å². The third-order valence-electron chi connectivity index (χ3n) is 7.53. The Morgan fingerprint density at radius 3 is 0.844 bits per heavy atom. The van der Waals surface area contributed by atoms with Gasteiger partial charge in [0.2, 0.25) is 0 Å². The predicted molar refractivity (Wildman–Crippen MR) is 191 cm³/mol. The van der Waals surface area contributed by atoms with Crippen molar-refractivity contribution in [1.29, 1.82) is 0 Å². The molecule has 2 atom stereocenters. The summed E-state index contributed by atoms with van der Waals surface area (Å²) in [6.07, 6.45) is 35.0. The molecule has 0 saturated heterocycles. The van der Waals surface area contributed by atoms with Crippen molar-refractivity contribution in [1.82, 2.24) is 9.80 Å². The predicted octanol–water partition coefficient (Wildman–Crippen LogP) is 7.02. The molecule has 0 N–H and O–H groups in total. The number of nitrogens with zero attached hydrogens (tertiary/aromatic N) is 2. The van der Waals surface area contributed by atoms with Gasteiger partial charge in [-0.05, 0) is 117 Å². The summed E-state index contributed by atoms with van der Waals surface area (Å²) in [5.41, 5.74) is 0. The van der Waals surface area contributed by atoms with Gasteiger partial charge in [-0.15, -0.1) is 0 Å². The van der Waals surface area contributed by atoms with Crippen molar-refractivity contribution in [3.63, 3.8) is 0 Å². The van der Waals surface area contributed by atoms with Gasteiger partial charge in [0.15, 0.2) is 0 Å². The van der Waals surface area contributed by atoms with E-state index in [4.69, 9.17) is 0 Å². The quantitative estimate of drug-likeness (QED) is 0.0511. The smallest absolute Gasteiger partial charge is 0.548 e. The maximum absolute atomic E-state index is 11.1. The van der Waals surface area contributed by atoms with Crippen molar-refractivity contribution >= 4 is 49.7 Å². The molecule has 45 heavy (non-hydrogen) atoms. The van der Waals surface area contributed by atoms with Crippen LogP contribution in [-0.2, 0) is 9.59 Å². The number of rotatable bonds is 28. The summed E-state index contributed by atoms with van der Waals surface area (Å²) >= 11 is 0. The summed E-state index contributed by atoms with van der Waals surface area (Å²) in [5.74, 6) is -1.94. The van der Waals surface area contributed by atoms with E-state index in [1.54, 1.807) is 13.8 Å². The molecule has 2 unspecified atom stereocenters. The molecule has 0 amide bonds. The number of carbonyl (C=O) groups excluding carboxylic acids is 2. The molecule has 0 aromatic heterocycles. The van der Waals surface area contributed by atoms with Crippen LogP contribution in [0.3, 0.4) is 0 Å². The second kappa shape index (κ2) is 37.5. The van der Waals surface area contributed by atoms with Crippen LogP contribution in [0.15, 0.2) is 48.6 Å². The topological polar surface area (TPSA) is 86.7 Å². The van der Waals surface area contributed by atoms with Gasteiger partial charge in [-0.1, -0.05) is 102 Å². The molecule has 6 nitrogen and oxygen atoms in total. The Bertz CT molecular complexity index is 674. The largest absolute Gasteiger partial charge is 2.00 e. The van der Waals surface area contributed by atoms with Gasteiger partial charge in [-0.2, -0.15) is 0 Å². The van der Waals surface area contributed by atoms with Crippen LogP contribution in [0.4, 0.5) is 0 Å². The number of hydrogen-bond donors (Lipinski definition) is 0. The van der Waals surface area contributed by atoms with Crippen molar-refractivity contribution < 1.29 is 19.8 Å². The van der Waals surface area contributed by atoms with Gasteiger partial charge in [0, 0.05) is 12.1 Å². The van der Waals surface area contributed by atoms with Gasteiger partial charge < -0.3 is 19.8 Å². The summed E-state index contributed by atoms with van der Waals surface area (Å²) in [7, 11) is 0.